The molecule has 2 unspecified atom stereocenters. The number of nitrogens with zero attached hydrogens (tertiary/aromatic N) is 3. The predicted octanol–water partition coefficient (Wildman–Crippen LogP) is 7.67. The summed E-state index contributed by atoms with van der Waals surface area (Å²) in [5, 5.41) is 15.6. The van der Waals surface area contributed by atoms with Gasteiger partial charge in [-0.25, -0.2) is 4.98 Å². The summed E-state index contributed by atoms with van der Waals surface area (Å²) >= 11 is 1.66. The number of halogens is 3. The van der Waals surface area contributed by atoms with Gasteiger partial charge in [0.05, 0.1) is 28.5 Å². The van der Waals surface area contributed by atoms with Crippen molar-refractivity contribution in [1.82, 2.24) is 10.1 Å². The van der Waals surface area contributed by atoms with Crippen molar-refractivity contribution in [2.75, 3.05) is 4.90 Å². The summed E-state index contributed by atoms with van der Waals surface area (Å²) in [6.07, 6.45) is 0.917. The maximum Gasteiger partial charge on any atom is 0.573 e. The van der Waals surface area contributed by atoms with E-state index in [9.17, 15) is 18.3 Å². The van der Waals surface area contributed by atoms with E-state index in [1.165, 1.54) is 12.1 Å². The van der Waals surface area contributed by atoms with Crippen molar-refractivity contribution in [3.05, 3.63) is 59.4 Å². The van der Waals surface area contributed by atoms with Gasteiger partial charge < -0.3 is 24.0 Å². The van der Waals surface area contributed by atoms with Crippen LogP contribution in [0.5, 0.6) is 5.75 Å². The van der Waals surface area contributed by atoms with E-state index in [-0.39, 0.29) is 29.9 Å². The van der Waals surface area contributed by atoms with E-state index in [1.54, 1.807) is 37.3 Å². The molecule has 0 spiro atoms. The number of alkyl halides is 3. The van der Waals surface area contributed by atoms with Gasteiger partial charge in [-0.15, -0.1) is 13.2 Å². The minimum absolute atomic E-state index is 0.00592. The molecule has 0 amide bonds. The fourth-order valence-electron chi connectivity index (χ4n) is 6.40. The van der Waals surface area contributed by atoms with Crippen LogP contribution in [0.25, 0.3) is 21.5 Å². The summed E-state index contributed by atoms with van der Waals surface area (Å²) in [7, 11) is 0. The van der Waals surface area contributed by atoms with E-state index < -0.39 is 12.0 Å². The number of rotatable bonds is 8. The molecule has 42 heavy (non-hydrogen) atoms. The molecule has 11 heteroatoms. The van der Waals surface area contributed by atoms with Crippen LogP contribution < -0.4 is 9.64 Å². The summed E-state index contributed by atoms with van der Waals surface area (Å²) < 4.78 is 56.9. The van der Waals surface area contributed by atoms with Crippen molar-refractivity contribution in [1.29, 1.82) is 0 Å². The van der Waals surface area contributed by atoms with Gasteiger partial charge in [0, 0.05) is 29.1 Å². The van der Waals surface area contributed by atoms with Crippen molar-refractivity contribution in [3.63, 3.8) is 0 Å². The number of ether oxygens (including phenoxy) is 2. The van der Waals surface area contributed by atoms with Crippen LogP contribution in [0.1, 0.15) is 75.2 Å². The number of thiazole rings is 1. The molecule has 2 aromatic heterocycles. The molecule has 2 aromatic carbocycles. The second-order valence-electron chi connectivity index (χ2n) is 12.1. The molecular formula is C31H32F3N3O4S. The Bertz CT molecular complexity index is 1590. The molecule has 2 saturated heterocycles. The Kier molecular flexibility index (Phi) is 6.75. The Morgan fingerprint density at radius 2 is 1.79 bits per heavy atom. The van der Waals surface area contributed by atoms with Crippen molar-refractivity contribution >= 4 is 26.7 Å². The van der Waals surface area contributed by atoms with Crippen LogP contribution in [0.2, 0.25) is 0 Å². The average Bonchev–Trinajstić information content (AvgIpc) is 3.44. The van der Waals surface area contributed by atoms with Crippen LogP contribution in [0, 0.1) is 0 Å². The highest BCUT2D eigenvalue weighted by Crippen LogP contribution is 2.47. The van der Waals surface area contributed by atoms with Gasteiger partial charge in [-0.3, -0.25) is 0 Å². The zero-order valence-corrected chi connectivity index (χ0v) is 24.2. The summed E-state index contributed by atoms with van der Waals surface area (Å²) in [6.45, 7) is 3.79. The molecule has 4 aromatic rings. The number of piperidine rings is 1. The standard InChI is InChI=1S/C31H32F3N3O4S/c1-30(2,38)18-9-12-24-26(13-18)42-29(35-24)37-19-10-11-20(37)15-21(14-19)39-16-23-27(36-41-28(23)17-7-8-17)22-5-3-4-6-25(22)40-31(32,33)34/h3-6,9,12-13,17,19-21,38H,7-8,10-11,14-16H2,1-2H3. The number of anilines is 1. The molecule has 2 atom stereocenters. The first-order valence-corrected chi connectivity index (χ1v) is 15.2. The zero-order valence-electron chi connectivity index (χ0n) is 23.4. The minimum Gasteiger partial charge on any atom is -0.405 e. The van der Waals surface area contributed by atoms with Crippen LogP contribution in [0.3, 0.4) is 0 Å². The lowest BCUT2D eigenvalue weighted by atomic mass is 9.98. The Morgan fingerprint density at radius 3 is 2.48 bits per heavy atom. The molecule has 0 radical (unpaired) electrons. The number of hydrogen-bond acceptors (Lipinski definition) is 8. The molecule has 1 saturated carbocycles. The van der Waals surface area contributed by atoms with Crippen molar-refractivity contribution in [2.24, 2.45) is 0 Å². The zero-order chi connectivity index (χ0) is 29.2. The SMILES string of the molecule is CC(C)(O)c1ccc2nc(N3C4CCC3CC(OCc3c(-c5ccccc5OC(F)(F)F)noc3C3CC3)C4)sc2c1. The van der Waals surface area contributed by atoms with E-state index in [2.05, 4.69) is 14.8 Å². The number of aromatic nitrogens is 2. The number of fused-ring (bicyclic) bond motifs is 3. The molecule has 2 aliphatic heterocycles. The first-order chi connectivity index (χ1) is 20.0. The minimum atomic E-state index is -4.82. The van der Waals surface area contributed by atoms with Crippen LogP contribution in [-0.2, 0) is 16.9 Å². The molecule has 222 valence electrons. The lowest BCUT2D eigenvalue weighted by Crippen LogP contribution is -2.45. The lowest BCUT2D eigenvalue weighted by molar-refractivity contribution is -0.274. The molecule has 7 rings (SSSR count). The van der Waals surface area contributed by atoms with E-state index in [1.807, 2.05) is 18.2 Å². The Morgan fingerprint density at radius 1 is 1.05 bits per heavy atom. The van der Waals surface area contributed by atoms with E-state index in [0.29, 0.717) is 29.1 Å². The highest BCUT2D eigenvalue weighted by molar-refractivity contribution is 7.22. The second-order valence-corrected chi connectivity index (χ2v) is 13.1. The van der Waals surface area contributed by atoms with Crippen molar-refractivity contribution in [2.45, 2.75) is 95.0 Å². The van der Waals surface area contributed by atoms with Gasteiger partial charge in [0.25, 0.3) is 0 Å². The second kappa shape index (κ2) is 10.2. The Balaban J connectivity index is 1.09. The van der Waals surface area contributed by atoms with Gasteiger partial charge in [0.2, 0.25) is 0 Å². The monoisotopic (exact) mass is 599 g/mol. The van der Waals surface area contributed by atoms with Crippen LogP contribution in [0.4, 0.5) is 18.3 Å². The van der Waals surface area contributed by atoms with Gasteiger partial charge in [-0.1, -0.05) is 34.7 Å². The summed E-state index contributed by atoms with van der Waals surface area (Å²) in [4.78, 5) is 7.38. The summed E-state index contributed by atoms with van der Waals surface area (Å²) in [6, 6.07) is 12.6. The van der Waals surface area contributed by atoms with Gasteiger partial charge in [0.1, 0.15) is 17.2 Å². The van der Waals surface area contributed by atoms with Crippen LogP contribution in [0.15, 0.2) is 47.0 Å². The largest absolute Gasteiger partial charge is 0.573 e. The molecular weight excluding hydrogens is 567 g/mol. The number of aliphatic hydroxyl groups is 1. The Hall–Kier alpha value is -3.15. The molecule has 1 N–H and O–H groups in total. The third-order valence-electron chi connectivity index (χ3n) is 8.59. The third kappa shape index (κ3) is 5.38. The topological polar surface area (TPSA) is 80.9 Å². The number of para-hydroxylation sites is 1. The van der Waals surface area contributed by atoms with Gasteiger partial charge >= 0.3 is 6.36 Å². The first-order valence-electron chi connectivity index (χ1n) is 14.4. The smallest absolute Gasteiger partial charge is 0.405 e. The normalized spacial score (nSPS) is 22.7. The highest BCUT2D eigenvalue weighted by atomic mass is 32.1. The lowest BCUT2D eigenvalue weighted by Gasteiger charge is -2.38. The van der Waals surface area contributed by atoms with Gasteiger partial charge in [-0.05, 0) is 82.2 Å². The maximum atomic E-state index is 13.1. The fourth-order valence-corrected chi connectivity index (χ4v) is 7.54. The highest BCUT2D eigenvalue weighted by Gasteiger charge is 2.43. The quantitative estimate of drug-likeness (QED) is 0.223. The predicted molar refractivity (Wildman–Crippen MR) is 153 cm³/mol. The number of hydrogen-bond donors (Lipinski definition) is 1. The average molecular weight is 600 g/mol. The van der Waals surface area contributed by atoms with Gasteiger partial charge in [-0.2, -0.15) is 0 Å². The molecule has 3 aliphatic rings. The number of benzene rings is 2. The van der Waals surface area contributed by atoms with Gasteiger partial charge in [0.15, 0.2) is 5.13 Å². The molecule has 3 fully saturated rings. The van der Waals surface area contributed by atoms with Crippen molar-refractivity contribution < 1.29 is 32.3 Å². The van der Waals surface area contributed by atoms with Crippen molar-refractivity contribution in [3.8, 4) is 17.0 Å². The Labute approximate surface area is 245 Å². The third-order valence-corrected chi connectivity index (χ3v) is 9.62. The van der Waals surface area contributed by atoms with E-state index in [0.717, 1.165) is 59.4 Å². The van der Waals surface area contributed by atoms with E-state index >= 15 is 0 Å². The summed E-state index contributed by atoms with van der Waals surface area (Å²) in [5.41, 5.74) is 2.18. The molecule has 1 aliphatic carbocycles. The van der Waals surface area contributed by atoms with Crippen LogP contribution >= 0.6 is 11.3 Å². The fraction of sp³-hybridized carbons (Fsp3) is 0.484. The summed E-state index contributed by atoms with van der Waals surface area (Å²) in [5.74, 6) is 0.611. The van der Waals surface area contributed by atoms with E-state index in [4.69, 9.17) is 14.2 Å². The first kappa shape index (κ1) is 27.7. The molecule has 4 heterocycles. The molecule has 2 bridgehead atoms. The molecule has 7 nitrogen and oxygen atoms in total. The maximum absolute atomic E-state index is 13.1. The van der Waals surface area contributed by atoms with Crippen LogP contribution in [-0.4, -0.2) is 39.8 Å².